The highest BCUT2D eigenvalue weighted by molar-refractivity contribution is 5.26. The van der Waals surface area contributed by atoms with Crippen LogP contribution in [0.5, 0.6) is 0 Å². The lowest BCUT2D eigenvalue weighted by Crippen LogP contribution is -2.49. The van der Waals surface area contributed by atoms with Crippen molar-refractivity contribution in [1.82, 2.24) is 4.90 Å². The van der Waals surface area contributed by atoms with Crippen molar-refractivity contribution in [3.63, 3.8) is 0 Å². The van der Waals surface area contributed by atoms with E-state index in [1.165, 1.54) is 63.6 Å². The Morgan fingerprint density at radius 3 is 2.55 bits per heavy atom. The highest BCUT2D eigenvalue weighted by Crippen LogP contribution is 2.59. The molecular weight excluding hydrogens is 410 g/mol. The number of allylic oxidation sites excluding steroid dienone is 3. The van der Waals surface area contributed by atoms with Crippen LogP contribution in [0.1, 0.15) is 91.9 Å². The number of likely N-dealkylation sites (tertiary alicyclic amines) is 1. The van der Waals surface area contributed by atoms with E-state index in [-0.39, 0.29) is 17.8 Å². The summed E-state index contributed by atoms with van der Waals surface area (Å²) in [6.45, 7) is 12.0. The summed E-state index contributed by atoms with van der Waals surface area (Å²) in [5.41, 5.74) is 3.16. The molecule has 0 aromatic carbocycles. The normalized spacial score (nSPS) is 40.3. The fourth-order valence-electron chi connectivity index (χ4n) is 8.21. The summed E-state index contributed by atoms with van der Waals surface area (Å²) < 4.78 is 5.88. The predicted octanol–water partition coefficient (Wildman–Crippen LogP) is 5.49. The monoisotopic (exact) mass is 459 g/mol. The number of rotatable bonds is 6. The van der Waals surface area contributed by atoms with Gasteiger partial charge in [-0.1, -0.05) is 37.1 Å². The summed E-state index contributed by atoms with van der Waals surface area (Å²) in [4.78, 5) is 2.73. The zero-order valence-electron chi connectivity index (χ0n) is 21.9. The first-order valence-corrected chi connectivity index (χ1v) is 13.7. The molecule has 0 spiro atoms. The summed E-state index contributed by atoms with van der Waals surface area (Å²) in [7, 11) is 1.86. The molecule has 7 atom stereocenters. The molecule has 3 aliphatic carbocycles. The molecule has 2 unspecified atom stereocenters. The fourth-order valence-corrected chi connectivity index (χ4v) is 8.21. The van der Waals surface area contributed by atoms with Gasteiger partial charge < -0.3 is 14.9 Å². The van der Waals surface area contributed by atoms with Gasteiger partial charge in [-0.2, -0.15) is 0 Å². The smallest absolute Gasteiger partial charge is 0.0777 e. The molecule has 0 radical (unpaired) electrons. The van der Waals surface area contributed by atoms with E-state index in [4.69, 9.17) is 4.74 Å². The highest BCUT2D eigenvalue weighted by Gasteiger charge is 2.51. The lowest BCUT2D eigenvalue weighted by atomic mass is 9.61. The summed E-state index contributed by atoms with van der Waals surface area (Å²) in [5.74, 6) is 2.18. The summed E-state index contributed by atoms with van der Waals surface area (Å²) in [5, 5.41) is 20.1. The van der Waals surface area contributed by atoms with Crippen LogP contribution < -0.4 is 0 Å². The molecule has 4 nitrogen and oxygen atoms in total. The average Bonchev–Trinajstić information content (AvgIpc) is 3.36. The van der Waals surface area contributed by atoms with Crippen LogP contribution in [0, 0.1) is 23.2 Å². The lowest BCUT2D eigenvalue weighted by Gasteiger charge is -2.46. The van der Waals surface area contributed by atoms with Crippen LogP contribution >= 0.6 is 0 Å². The van der Waals surface area contributed by atoms with Gasteiger partial charge in [0.2, 0.25) is 0 Å². The van der Waals surface area contributed by atoms with Crippen molar-refractivity contribution in [2.75, 3.05) is 20.2 Å². The molecule has 1 saturated heterocycles. The maximum absolute atomic E-state index is 10.0. The largest absolute Gasteiger partial charge is 0.393 e. The molecule has 4 aliphatic rings. The van der Waals surface area contributed by atoms with Gasteiger partial charge in [0.15, 0.2) is 0 Å². The van der Waals surface area contributed by atoms with E-state index in [1.807, 2.05) is 7.11 Å². The van der Waals surface area contributed by atoms with Crippen molar-refractivity contribution < 1.29 is 14.9 Å². The van der Waals surface area contributed by atoms with Crippen molar-refractivity contribution >= 4 is 0 Å². The van der Waals surface area contributed by atoms with E-state index in [0.717, 1.165) is 18.8 Å². The van der Waals surface area contributed by atoms with Crippen LogP contribution in [0.3, 0.4) is 0 Å². The SMILES string of the molecule is COC(C)(C)C1CCCN1CC(C)[C@H]1CC[C@H]2C(=CC=C3C[C@@H](O)C[C@H](O)C3)CCC[C@]12C. The lowest BCUT2D eigenvalue weighted by molar-refractivity contribution is -0.0469. The number of fused-ring (bicyclic) bond motifs is 1. The van der Waals surface area contributed by atoms with Gasteiger partial charge in [-0.25, -0.2) is 0 Å². The molecule has 2 N–H and O–H groups in total. The number of aliphatic hydroxyl groups excluding tert-OH is 2. The van der Waals surface area contributed by atoms with Crippen molar-refractivity contribution in [2.45, 2.75) is 116 Å². The quantitative estimate of drug-likeness (QED) is 0.552. The molecule has 1 aliphatic heterocycles. The van der Waals surface area contributed by atoms with Crippen molar-refractivity contribution in [3.05, 3.63) is 23.3 Å². The van der Waals surface area contributed by atoms with Crippen LogP contribution in [0.25, 0.3) is 0 Å². The van der Waals surface area contributed by atoms with Gasteiger partial charge in [0.1, 0.15) is 0 Å². The second kappa shape index (κ2) is 10.1. The van der Waals surface area contributed by atoms with E-state index >= 15 is 0 Å². The van der Waals surface area contributed by atoms with Crippen LogP contribution in [0.4, 0.5) is 0 Å². The second-order valence-corrected chi connectivity index (χ2v) is 12.6. The van der Waals surface area contributed by atoms with E-state index < -0.39 is 0 Å². The fraction of sp³-hybridized carbons (Fsp3) is 0.862. The molecule has 4 rings (SSSR count). The zero-order chi connectivity index (χ0) is 23.8. The van der Waals surface area contributed by atoms with E-state index in [9.17, 15) is 10.2 Å². The standard InChI is InChI=1S/C29H49NO3/c1-20(19-30-15-7-9-27(30)28(2,3)33-5)25-12-13-26-22(8-6-14-29(25,26)4)11-10-21-16-23(31)18-24(32)17-21/h10-11,20,23-27,31-32H,6-9,12-19H2,1-5H3/t20?,23-,24-,25-,26+,27?,29-/m1/s1. The number of ether oxygens (including phenoxy) is 1. The van der Waals surface area contributed by atoms with Crippen molar-refractivity contribution in [2.24, 2.45) is 23.2 Å². The molecule has 4 fully saturated rings. The maximum atomic E-state index is 10.0. The summed E-state index contributed by atoms with van der Waals surface area (Å²) >= 11 is 0. The van der Waals surface area contributed by atoms with Gasteiger partial charge in [0, 0.05) is 19.7 Å². The third-order valence-corrected chi connectivity index (χ3v) is 10.0. The van der Waals surface area contributed by atoms with E-state index in [2.05, 4.69) is 44.7 Å². The highest BCUT2D eigenvalue weighted by atomic mass is 16.5. The molecule has 188 valence electrons. The molecule has 4 heteroatoms. The molecule has 1 heterocycles. The minimum Gasteiger partial charge on any atom is -0.393 e. The summed E-state index contributed by atoms with van der Waals surface area (Å²) in [6, 6.07) is 0.532. The Morgan fingerprint density at radius 1 is 1.12 bits per heavy atom. The Balaban J connectivity index is 1.45. The molecule has 33 heavy (non-hydrogen) atoms. The number of hydrogen-bond acceptors (Lipinski definition) is 4. The zero-order valence-corrected chi connectivity index (χ0v) is 21.9. The van der Waals surface area contributed by atoms with Crippen LogP contribution in [-0.2, 0) is 4.74 Å². The molecule has 0 amide bonds. The third kappa shape index (κ3) is 5.29. The molecule has 0 aromatic rings. The third-order valence-electron chi connectivity index (χ3n) is 10.0. The van der Waals surface area contributed by atoms with Gasteiger partial charge in [-0.3, -0.25) is 4.90 Å². The van der Waals surface area contributed by atoms with Crippen LogP contribution in [0.15, 0.2) is 23.3 Å². The van der Waals surface area contributed by atoms with E-state index in [0.29, 0.717) is 29.7 Å². The Kier molecular flexibility index (Phi) is 7.80. The molecular formula is C29H49NO3. The predicted molar refractivity (Wildman–Crippen MR) is 135 cm³/mol. The molecule has 0 aromatic heterocycles. The minimum absolute atomic E-state index is 0.0765. The Hall–Kier alpha value is -0.680. The first-order valence-electron chi connectivity index (χ1n) is 13.7. The Labute approximate surface area is 202 Å². The van der Waals surface area contributed by atoms with Gasteiger partial charge in [0.05, 0.1) is 17.8 Å². The minimum atomic E-state index is -0.385. The number of aliphatic hydroxyl groups is 2. The second-order valence-electron chi connectivity index (χ2n) is 12.6. The van der Waals surface area contributed by atoms with E-state index in [1.54, 1.807) is 5.57 Å². The maximum Gasteiger partial charge on any atom is 0.0777 e. The summed E-state index contributed by atoms with van der Waals surface area (Å²) in [6.07, 6.45) is 14.9. The van der Waals surface area contributed by atoms with Gasteiger partial charge >= 0.3 is 0 Å². The van der Waals surface area contributed by atoms with Gasteiger partial charge in [0.25, 0.3) is 0 Å². The first-order chi connectivity index (χ1) is 15.6. The van der Waals surface area contributed by atoms with Gasteiger partial charge in [-0.15, -0.1) is 0 Å². The van der Waals surface area contributed by atoms with Crippen molar-refractivity contribution in [3.8, 4) is 0 Å². The van der Waals surface area contributed by atoms with Crippen molar-refractivity contribution in [1.29, 1.82) is 0 Å². The van der Waals surface area contributed by atoms with Gasteiger partial charge in [-0.05, 0) is 108 Å². The first kappa shape index (κ1) is 25.4. The Bertz CT molecular complexity index is 731. The average molecular weight is 460 g/mol. The number of nitrogens with zero attached hydrogens (tertiary/aromatic N) is 1. The molecule has 3 saturated carbocycles. The Morgan fingerprint density at radius 2 is 1.85 bits per heavy atom. The number of hydrogen-bond donors (Lipinski definition) is 2. The molecule has 0 bridgehead atoms. The number of methoxy groups -OCH3 is 1. The van der Waals surface area contributed by atoms with Crippen LogP contribution in [-0.4, -0.2) is 59.2 Å². The van der Waals surface area contributed by atoms with Crippen LogP contribution in [0.2, 0.25) is 0 Å². The topological polar surface area (TPSA) is 52.9 Å².